The molecule has 0 bridgehead atoms. The van der Waals surface area contributed by atoms with Crippen molar-refractivity contribution >= 4 is 0 Å². The molecular weight excluding hydrogens is 290 g/mol. The van der Waals surface area contributed by atoms with E-state index >= 15 is 0 Å². The molecule has 3 rings (SSSR count). The number of aryl methyl sites for hydroxylation is 1. The van der Waals surface area contributed by atoms with Gasteiger partial charge in [-0.2, -0.15) is 13.2 Å². The maximum Gasteiger partial charge on any atom is 0.433 e. The molecule has 21 heavy (non-hydrogen) atoms. The highest BCUT2D eigenvalue weighted by molar-refractivity contribution is 5.55. The Morgan fingerprint density at radius 3 is 2.76 bits per heavy atom. The molecule has 4 nitrogen and oxygen atoms in total. The lowest BCUT2D eigenvalue weighted by atomic mass is 9.98. The highest BCUT2D eigenvalue weighted by atomic mass is 19.4. The minimum atomic E-state index is -4.66. The minimum Gasteiger partial charge on any atom is -0.439 e. The summed E-state index contributed by atoms with van der Waals surface area (Å²) in [6.45, 7) is 0. The first-order chi connectivity index (χ1) is 9.86. The van der Waals surface area contributed by atoms with Crippen LogP contribution < -0.4 is 5.73 Å². The van der Waals surface area contributed by atoms with Crippen molar-refractivity contribution in [3.8, 4) is 11.5 Å². The first-order valence-corrected chi connectivity index (χ1v) is 6.34. The van der Waals surface area contributed by atoms with E-state index in [2.05, 4.69) is 9.97 Å². The number of rotatable bonds is 1. The van der Waals surface area contributed by atoms with Gasteiger partial charge in [-0.05, 0) is 25.3 Å². The summed E-state index contributed by atoms with van der Waals surface area (Å²) in [7, 11) is 0. The number of nitrogens with two attached hydrogens (primary N) is 1. The van der Waals surface area contributed by atoms with Gasteiger partial charge in [0, 0.05) is 0 Å². The van der Waals surface area contributed by atoms with Gasteiger partial charge in [0.25, 0.3) is 0 Å². The zero-order valence-electron chi connectivity index (χ0n) is 10.7. The molecule has 112 valence electrons. The second kappa shape index (κ2) is 4.80. The van der Waals surface area contributed by atoms with Gasteiger partial charge >= 0.3 is 6.18 Å². The van der Waals surface area contributed by atoms with Crippen molar-refractivity contribution in [3.63, 3.8) is 0 Å². The van der Waals surface area contributed by atoms with E-state index in [1.165, 1.54) is 0 Å². The van der Waals surface area contributed by atoms with E-state index in [0.29, 0.717) is 36.6 Å². The Morgan fingerprint density at radius 2 is 2.10 bits per heavy atom. The fourth-order valence-corrected chi connectivity index (χ4v) is 2.33. The lowest BCUT2D eigenvalue weighted by Gasteiger charge is -2.14. The Bertz CT molecular complexity index is 681. The molecule has 0 saturated heterocycles. The average molecular weight is 301 g/mol. The molecule has 0 fully saturated rings. The Morgan fingerprint density at radius 1 is 1.33 bits per heavy atom. The van der Waals surface area contributed by atoms with Gasteiger partial charge in [-0.1, -0.05) is 0 Å². The fraction of sp³-hybridized carbons (Fsp3) is 0.385. The lowest BCUT2D eigenvalue weighted by Crippen LogP contribution is -2.15. The average Bonchev–Trinajstić information content (AvgIpc) is 2.83. The van der Waals surface area contributed by atoms with Crippen LogP contribution in [0.15, 0.2) is 16.7 Å². The number of nitrogens with zero attached hydrogens (tertiary/aromatic N) is 2. The van der Waals surface area contributed by atoms with Crippen LogP contribution in [0.25, 0.3) is 11.5 Å². The van der Waals surface area contributed by atoms with Crippen molar-refractivity contribution in [2.24, 2.45) is 5.73 Å². The van der Waals surface area contributed by atoms with Crippen LogP contribution in [0.2, 0.25) is 0 Å². The number of pyridine rings is 1. The first-order valence-electron chi connectivity index (χ1n) is 6.34. The third-order valence-electron chi connectivity index (χ3n) is 3.37. The van der Waals surface area contributed by atoms with Gasteiger partial charge in [-0.25, -0.2) is 14.4 Å². The van der Waals surface area contributed by atoms with Crippen LogP contribution in [0.3, 0.4) is 0 Å². The zero-order valence-corrected chi connectivity index (χ0v) is 10.7. The van der Waals surface area contributed by atoms with E-state index in [0.717, 1.165) is 6.42 Å². The molecule has 0 radical (unpaired) electrons. The molecule has 0 unspecified atom stereocenters. The molecule has 8 heteroatoms. The highest BCUT2D eigenvalue weighted by Crippen LogP contribution is 2.35. The van der Waals surface area contributed by atoms with E-state index in [1.54, 1.807) is 0 Å². The third-order valence-corrected chi connectivity index (χ3v) is 3.37. The van der Waals surface area contributed by atoms with E-state index in [4.69, 9.17) is 10.2 Å². The Hall–Kier alpha value is -1.96. The monoisotopic (exact) mass is 301 g/mol. The predicted octanol–water partition coefficient (Wildman–Crippen LogP) is 3.23. The molecule has 1 aliphatic carbocycles. The number of hydrogen-bond acceptors (Lipinski definition) is 4. The summed E-state index contributed by atoms with van der Waals surface area (Å²) < 4.78 is 57.1. The molecule has 0 aliphatic heterocycles. The Balaban J connectivity index is 2.08. The predicted molar refractivity (Wildman–Crippen MR) is 64.6 cm³/mol. The van der Waals surface area contributed by atoms with Crippen LogP contribution in [0.4, 0.5) is 17.6 Å². The van der Waals surface area contributed by atoms with Gasteiger partial charge in [-0.15, -0.1) is 0 Å². The number of fused-ring (bicyclic) bond motifs is 1. The van der Waals surface area contributed by atoms with Gasteiger partial charge in [0.05, 0.1) is 23.5 Å². The number of aromatic nitrogens is 2. The zero-order chi connectivity index (χ0) is 15.2. The van der Waals surface area contributed by atoms with Crippen molar-refractivity contribution in [2.45, 2.75) is 31.5 Å². The van der Waals surface area contributed by atoms with Crippen molar-refractivity contribution in [1.29, 1.82) is 0 Å². The van der Waals surface area contributed by atoms with Crippen LogP contribution >= 0.6 is 0 Å². The maximum absolute atomic E-state index is 13.7. The van der Waals surface area contributed by atoms with Gasteiger partial charge in [0.15, 0.2) is 5.82 Å². The van der Waals surface area contributed by atoms with Crippen LogP contribution in [0, 0.1) is 5.82 Å². The lowest BCUT2D eigenvalue weighted by molar-refractivity contribution is -0.141. The SMILES string of the molecule is N[C@H]1CCCc2nc(-c3cc(C(F)(F)F)ncc3F)oc21. The highest BCUT2D eigenvalue weighted by Gasteiger charge is 2.34. The van der Waals surface area contributed by atoms with Crippen molar-refractivity contribution in [2.75, 3.05) is 0 Å². The largest absolute Gasteiger partial charge is 0.439 e. The van der Waals surface area contributed by atoms with Crippen LogP contribution in [0.5, 0.6) is 0 Å². The molecule has 2 heterocycles. The summed E-state index contributed by atoms with van der Waals surface area (Å²) in [4.78, 5) is 7.11. The second-order valence-electron chi connectivity index (χ2n) is 4.88. The van der Waals surface area contributed by atoms with Crippen molar-refractivity contribution in [3.05, 3.63) is 35.2 Å². The van der Waals surface area contributed by atoms with Gasteiger partial charge in [0.1, 0.15) is 11.5 Å². The molecule has 2 aromatic rings. The molecule has 2 N–H and O–H groups in total. The number of hydrogen-bond donors (Lipinski definition) is 1. The summed E-state index contributed by atoms with van der Waals surface area (Å²) in [5.41, 5.74) is 4.88. The van der Waals surface area contributed by atoms with Crippen molar-refractivity contribution in [1.82, 2.24) is 9.97 Å². The van der Waals surface area contributed by atoms with E-state index in [-0.39, 0.29) is 17.5 Å². The summed E-state index contributed by atoms with van der Waals surface area (Å²) >= 11 is 0. The van der Waals surface area contributed by atoms with Gasteiger partial charge in [-0.3, -0.25) is 0 Å². The quantitative estimate of drug-likeness (QED) is 0.821. The normalized spacial score (nSPS) is 18.6. The summed E-state index contributed by atoms with van der Waals surface area (Å²) in [5, 5.41) is 0. The first kappa shape index (κ1) is 14.0. The molecular formula is C13H11F4N3O. The maximum atomic E-state index is 13.7. The molecule has 0 spiro atoms. The Kier molecular flexibility index (Phi) is 3.20. The van der Waals surface area contributed by atoms with Crippen LogP contribution in [-0.2, 0) is 12.6 Å². The van der Waals surface area contributed by atoms with Gasteiger partial charge < -0.3 is 10.2 Å². The fourth-order valence-electron chi connectivity index (χ4n) is 2.33. The number of oxazole rings is 1. The van der Waals surface area contributed by atoms with E-state index in [1.807, 2.05) is 0 Å². The van der Waals surface area contributed by atoms with E-state index in [9.17, 15) is 17.6 Å². The topological polar surface area (TPSA) is 64.9 Å². The summed E-state index contributed by atoms with van der Waals surface area (Å²) in [6.07, 6.45) is -2.02. The van der Waals surface area contributed by atoms with Crippen molar-refractivity contribution < 1.29 is 22.0 Å². The van der Waals surface area contributed by atoms with E-state index < -0.39 is 17.7 Å². The Labute approximate surface area is 117 Å². The molecule has 2 aromatic heterocycles. The molecule has 0 amide bonds. The summed E-state index contributed by atoms with van der Waals surface area (Å²) in [6, 6.07) is 0.236. The van der Waals surface area contributed by atoms with Crippen LogP contribution in [0.1, 0.15) is 36.0 Å². The molecule has 0 aromatic carbocycles. The van der Waals surface area contributed by atoms with Gasteiger partial charge in [0.2, 0.25) is 5.89 Å². The number of halogens is 4. The third kappa shape index (κ3) is 2.51. The second-order valence-corrected chi connectivity index (χ2v) is 4.88. The molecule has 1 atom stereocenters. The molecule has 1 aliphatic rings. The number of alkyl halides is 3. The molecule has 0 saturated carbocycles. The minimum absolute atomic E-state index is 0.192. The van der Waals surface area contributed by atoms with Crippen LogP contribution in [-0.4, -0.2) is 9.97 Å². The summed E-state index contributed by atoms with van der Waals surface area (Å²) in [5.74, 6) is -0.695. The smallest absolute Gasteiger partial charge is 0.433 e. The standard InChI is InChI=1S/C13H11F4N3O/c14-7-5-19-10(13(15,16)17)4-6(7)12-20-9-3-1-2-8(18)11(9)21-12/h4-5,8H,1-3,18H2/t8-/m0/s1.